The molecular formula is C16H18ClN3O2S. The minimum atomic E-state index is -0.287. The van der Waals surface area contributed by atoms with E-state index in [1.165, 1.54) is 11.3 Å². The Morgan fingerprint density at radius 1 is 1.43 bits per heavy atom. The second-order valence-electron chi connectivity index (χ2n) is 5.26. The molecule has 0 saturated carbocycles. The number of ether oxygens (including phenoxy) is 1. The lowest BCUT2D eigenvalue weighted by atomic mass is 9.86. The van der Waals surface area contributed by atoms with Gasteiger partial charge in [0.05, 0.1) is 28.6 Å². The SMILES string of the molecule is CCCC1=C(C(=O)OCC)C(c2ccc(Cl)s2)c2cn[nH]c2N1. The number of nitrogens with zero attached hydrogens (tertiary/aromatic N) is 1. The molecule has 7 heteroatoms. The van der Waals surface area contributed by atoms with Crippen molar-refractivity contribution in [1.29, 1.82) is 0 Å². The van der Waals surface area contributed by atoms with Gasteiger partial charge in [-0.05, 0) is 25.5 Å². The predicted octanol–water partition coefficient (Wildman–Crippen LogP) is 4.30. The Balaban J connectivity index is 2.15. The standard InChI is InChI=1S/C16H18ClN3O2S/c1-3-5-10-14(16(21)22-4-2)13(11-6-7-12(17)23-11)9-8-18-20-15(9)19-10/h6-8,13H,3-5H2,1-2H3,(H2,18,19,20). The maximum atomic E-state index is 12.6. The van der Waals surface area contributed by atoms with Gasteiger partial charge in [-0.3, -0.25) is 5.10 Å². The van der Waals surface area contributed by atoms with Gasteiger partial charge in [-0.25, -0.2) is 4.79 Å². The third kappa shape index (κ3) is 3.01. The van der Waals surface area contributed by atoms with Crippen LogP contribution in [0.25, 0.3) is 0 Å². The molecule has 23 heavy (non-hydrogen) atoms. The van der Waals surface area contributed by atoms with Crippen LogP contribution in [0.4, 0.5) is 5.82 Å². The highest BCUT2D eigenvalue weighted by atomic mass is 35.5. The Morgan fingerprint density at radius 3 is 2.91 bits per heavy atom. The van der Waals surface area contributed by atoms with E-state index in [4.69, 9.17) is 16.3 Å². The Hall–Kier alpha value is -1.79. The number of anilines is 1. The fourth-order valence-electron chi connectivity index (χ4n) is 2.84. The van der Waals surface area contributed by atoms with Gasteiger partial charge in [0.2, 0.25) is 0 Å². The number of hydrogen-bond donors (Lipinski definition) is 2. The molecule has 3 heterocycles. The van der Waals surface area contributed by atoms with Crippen LogP contribution >= 0.6 is 22.9 Å². The van der Waals surface area contributed by atoms with Gasteiger partial charge in [-0.15, -0.1) is 11.3 Å². The van der Waals surface area contributed by atoms with Gasteiger partial charge >= 0.3 is 5.97 Å². The van der Waals surface area contributed by atoms with Crippen molar-refractivity contribution in [3.63, 3.8) is 0 Å². The molecule has 2 aromatic heterocycles. The Kier molecular flexibility index (Phi) is 4.73. The van der Waals surface area contributed by atoms with Crippen molar-refractivity contribution < 1.29 is 9.53 Å². The second kappa shape index (κ2) is 6.76. The van der Waals surface area contributed by atoms with Crippen LogP contribution in [0.5, 0.6) is 0 Å². The van der Waals surface area contributed by atoms with Gasteiger partial charge in [0.25, 0.3) is 0 Å². The molecule has 2 aromatic rings. The number of carbonyl (C=O) groups is 1. The fourth-order valence-corrected chi connectivity index (χ4v) is 4.03. The number of aromatic nitrogens is 2. The number of nitrogens with one attached hydrogen (secondary N) is 2. The van der Waals surface area contributed by atoms with E-state index in [-0.39, 0.29) is 11.9 Å². The topological polar surface area (TPSA) is 67.0 Å². The number of esters is 1. The Labute approximate surface area is 143 Å². The van der Waals surface area contributed by atoms with Crippen molar-refractivity contribution in [3.05, 3.63) is 44.4 Å². The summed E-state index contributed by atoms with van der Waals surface area (Å²) in [5, 5.41) is 10.4. The van der Waals surface area contributed by atoms with E-state index in [2.05, 4.69) is 22.4 Å². The minimum absolute atomic E-state index is 0.205. The summed E-state index contributed by atoms with van der Waals surface area (Å²) in [5.74, 6) is 0.337. The minimum Gasteiger partial charge on any atom is -0.463 e. The van der Waals surface area contributed by atoms with Crippen molar-refractivity contribution in [2.45, 2.75) is 32.6 Å². The predicted molar refractivity (Wildman–Crippen MR) is 91.9 cm³/mol. The first-order chi connectivity index (χ1) is 11.2. The molecule has 5 nitrogen and oxygen atoms in total. The lowest BCUT2D eigenvalue weighted by molar-refractivity contribution is -0.138. The van der Waals surface area contributed by atoms with E-state index in [1.807, 2.05) is 19.1 Å². The fraction of sp³-hybridized carbons (Fsp3) is 0.375. The molecule has 1 unspecified atom stereocenters. The summed E-state index contributed by atoms with van der Waals surface area (Å²) >= 11 is 7.59. The lowest BCUT2D eigenvalue weighted by Gasteiger charge is -2.27. The third-order valence-electron chi connectivity index (χ3n) is 3.74. The Morgan fingerprint density at radius 2 is 2.26 bits per heavy atom. The van der Waals surface area contributed by atoms with Crippen LogP contribution in [0, 0.1) is 0 Å². The number of allylic oxidation sites excluding steroid dienone is 1. The zero-order valence-electron chi connectivity index (χ0n) is 13.0. The van der Waals surface area contributed by atoms with Crippen LogP contribution in [-0.4, -0.2) is 22.8 Å². The van der Waals surface area contributed by atoms with Crippen molar-refractivity contribution >= 4 is 34.7 Å². The van der Waals surface area contributed by atoms with Crippen molar-refractivity contribution in [2.75, 3.05) is 11.9 Å². The molecule has 0 spiro atoms. The molecular weight excluding hydrogens is 334 g/mol. The van der Waals surface area contributed by atoms with Gasteiger partial charge in [0, 0.05) is 16.1 Å². The number of halogens is 1. The van der Waals surface area contributed by atoms with E-state index in [0.29, 0.717) is 16.5 Å². The maximum absolute atomic E-state index is 12.6. The highest BCUT2D eigenvalue weighted by Crippen LogP contribution is 2.44. The molecule has 0 radical (unpaired) electrons. The van der Waals surface area contributed by atoms with E-state index in [0.717, 1.165) is 34.8 Å². The van der Waals surface area contributed by atoms with Crippen LogP contribution in [0.2, 0.25) is 4.34 Å². The summed E-state index contributed by atoms with van der Waals surface area (Å²) in [6, 6.07) is 3.81. The molecule has 3 rings (SSSR count). The molecule has 2 N–H and O–H groups in total. The van der Waals surface area contributed by atoms with Gasteiger partial charge in [0.1, 0.15) is 5.82 Å². The number of aromatic amines is 1. The smallest absolute Gasteiger partial charge is 0.336 e. The van der Waals surface area contributed by atoms with Crippen LogP contribution in [0.15, 0.2) is 29.6 Å². The Bertz CT molecular complexity index is 750. The lowest BCUT2D eigenvalue weighted by Crippen LogP contribution is -2.24. The first-order valence-electron chi connectivity index (χ1n) is 7.61. The summed E-state index contributed by atoms with van der Waals surface area (Å²) in [7, 11) is 0. The van der Waals surface area contributed by atoms with Gasteiger partial charge in [-0.2, -0.15) is 5.10 Å². The van der Waals surface area contributed by atoms with E-state index >= 15 is 0 Å². The normalized spacial score (nSPS) is 16.9. The molecule has 1 aliphatic heterocycles. The number of carbonyl (C=O) groups excluding carboxylic acids is 1. The van der Waals surface area contributed by atoms with Gasteiger partial charge < -0.3 is 10.1 Å². The molecule has 0 saturated heterocycles. The zero-order chi connectivity index (χ0) is 16.4. The molecule has 0 fully saturated rings. The van der Waals surface area contributed by atoms with E-state index < -0.39 is 0 Å². The number of H-pyrrole nitrogens is 1. The molecule has 0 amide bonds. The number of hydrogen-bond acceptors (Lipinski definition) is 5. The van der Waals surface area contributed by atoms with Crippen molar-refractivity contribution in [3.8, 4) is 0 Å². The third-order valence-corrected chi connectivity index (χ3v) is 5.04. The molecule has 0 aromatic carbocycles. The van der Waals surface area contributed by atoms with E-state index in [1.54, 1.807) is 6.20 Å². The van der Waals surface area contributed by atoms with Gasteiger partial charge in [-0.1, -0.05) is 24.9 Å². The monoisotopic (exact) mass is 351 g/mol. The average molecular weight is 352 g/mol. The first kappa shape index (κ1) is 16.1. The molecule has 1 aliphatic rings. The number of thiophene rings is 1. The second-order valence-corrected chi connectivity index (χ2v) is 7.01. The molecule has 1 atom stereocenters. The summed E-state index contributed by atoms with van der Waals surface area (Å²) in [4.78, 5) is 13.6. The summed E-state index contributed by atoms with van der Waals surface area (Å²) in [6.07, 6.45) is 3.44. The van der Waals surface area contributed by atoms with Crippen LogP contribution in [0.1, 0.15) is 43.0 Å². The summed E-state index contributed by atoms with van der Waals surface area (Å²) in [5.41, 5.74) is 2.48. The number of fused-ring (bicyclic) bond motifs is 1. The number of rotatable bonds is 5. The highest BCUT2D eigenvalue weighted by Gasteiger charge is 2.36. The summed E-state index contributed by atoms with van der Waals surface area (Å²) < 4.78 is 6.01. The molecule has 0 aliphatic carbocycles. The molecule has 0 bridgehead atoms. The van der Waals surface area contributed by atoms with E-state index in [9.17, 15) is 4.79 Å². The van der Waals surface area contributed by atoms with Gasteiger partial charge in [0.15, 0.2) is 0 Å². The quantitative estimate of drug-likeness (QED) is 0.788. The van der Waals surface area contributed by atoms with Crippen molar-refractivity contribution in [1.82, 2.24) is 10.2 Å². The first-order valence-corrected chi connectivity index (χ1v) is 8.80. The highest BCUT2D eigenvalue weighted by molar-refractivity contribution is 7.16. The van der Waals surface area contributed by atoms with Crippen LogP contribution < -0.4 is 5.32 Å². The largest absolute Gasteiger partial charge is 0.463 e. The van der Waals surface area contributed by atoms with Crippen LogP contribution in [0.3, 0.4) is 0 Å². The maximum Gasteiger partial charge on any atom is 0.336 e. The molecule has 122 valence electrons. The van der Waals surface area contributed by atoms with Crippen LogP contribution in [-0.2, 0) is 9.53 Å². The summed E-state index contributed by atoms with van der Waals surface area (Å²) in [6.45, 7) is 4.24. The van der Waals surface area contributed by atoms with Crippen molar-refractivity contribution in [2.24, 2.45) is 0 Å². The average Bonchev–Trinajstić information content (AvgIpc) is 3.15. The zero-order valence-corrected chi connectivity index (χ0v) is 14.6.